The van der Waals surface area contributed by atoms with Crippen LogP contribution in [-0.4, -0.2) is 56.9 Å². The summed E-state index contributed by atoms with van der Waals surface area (Å²) >= 11 is 7.96. The smallest absolute Gasteiger partial charge is 0.282 e. The Hall–Kier alpha value is -3.79. The van der Waals surface area contributed by atoms with Gasteiger partial charge < -0.3 is 10.2 Å². The monoisotopic (exact) mass is 571 g/mol. The maximum atomic E-state index is 13.5. The van der Waals surface area contributed by atoms with Gasteiger partial charge in [0.2, 0.25) is 5.95 Å². The van der Waals surface area contributed by atoms with Crippen LogP contribution in [0.1, 0.15) is 19.4 Å². The summed E-state index contributed by atoms with van der Waals surface area (Å²) in [7, 11) is 0. The molecule has 0 spiro atoms. The van der Waals surface area contributed by atoms with Gasteiger partial charge in [0.05, 0.1) is 21.0 Å². The van der Waals surface area contributed by atoms with E-state index in [-0.39, 0.29) is 5.56 Å². The summed E-state index contributed by atoms with van der Waals surface area (Å²) in [6.45, 7) is 10.8. The number of thiophene rings is 1. The first-order valence-corrected chi connectivity index (χ1v) is 14.6. The highest BCUT2D eigenvalue weighted by atomic mass is 35.5. The summed E-state index contributed by atoms with van der Waals surface area (Å²) in [4.78, 5) is 28.6. The number of aromatic nitrogens is 4. The van der Waals surface area contributed by atoms with Crippen molar-refractivity contribution in [2.24, 2.45) is 0 Å². The summed E-state index contributed by atoms with van der Waals surface area (Å²) in [5.74, 6) is 0.402. The van der Waals surface area contributed by atoms with E-state index in [0.717, 1.165) is 36.7 Å². The third kappa shape index (κ3) is 5.08. The number of piperazine rings is 1. The first kappa shape index (κ1) is 26.4. The van der Waals surface area contributed by atoms with Crippen molar-refractivity contribution >= 4 is 51.2 Å². The number of aryl methyl sites for hydroxylation is 1. The summed E-state index contributed by atoms with van der Waals surface area (Å²) in [5, 5.41) is 10.8. The Bertz CT molecular complexity index is 1730. The Morgan fingerprint density at radius 3 is 2.50 bits per heavy atom. The van der Waals surface area contributed by atoms with Crippen LogP contribution in [0.25, 0.3) is 27.2 Å². The van der Waals surface area contributed by atoms with Gasteiger partial charge in [-0.1, -0.05) is 29.8 Å². The van der Waals surface area contributed by atoms with E-state index in [2.05, 4.69) is 59.1 Å². The zero-order valence-corrected chi connectivity index (χ0v) is 24.2. The number of rotatable bonds is 6. The average molecular weight is 572 g/mol. The zero-order chi connectivity index (χ0) is 27.8. The number of nitrogens with one attached hydrogen (secondary N) is 1. The second-order valence-electron chi connectivity index (χ2n) is 10.2. The van der Waals surface area contributed by atoms with E-state index in [1.165, 1.54) is 27.3 Å². The molecule has 0 amide bonds. The highest BCUT2D eigenvalue weighted by molar-refractivity contribution is 7.13. The second-order valence-corrected chi connectivity index (χ2v) is 11.5. The third-order valence-corrected chi connectivity index (χ3v) is 8.51. The molecule has 5 aromatic rings. The first-order chi connectivity index (χ1) is 19.4. The molecule has 0 unspecified atom stereocenters. The van der Waals surface area contributed by atoms with Gasteiger partial charge in [0.1, 0.15) is 11.2 Å². The largest absolute Gasteiger partial charge is 0.369 e. The van der Waals surface area contributed by atoms with Crippen molar-refractivity contribution in [1.82, 2.24) is 24.6 Å². The molecule has 1 N–H and O–H groups in total. The van der Waals surface area contributed by atoms with Crippen molar-refractivity contribution in [1.29, 1.82) is 0 Å². The maximum Gasteiger partial charge on any atom is 0.282 e. The van der Waals surface area contributed by atoms with E-state index in [1.807, 2.05) is 29.6 Å². The molecule has 204 valence electrons. The molecule has 3 aromatic heterocycles. The van der Waals surface area contributed by atoms with Gasteiger partial charge in [-0.3, -0.25) is 9.69 Å². The molecule has 1 aliphatic heterocycles. The molecule has 1 saturated heterocycles. The topological polar surface area (TPSA) is 79.2 Å². The van der Waals surface area contributed by atoms with Gasteiger partial charge in [0.15, 0.2) is 0 Å². The Morgan fingerprint density at radius 2 is 1.80 bits per heavy atom. The van der Waals surface area contributed by atoms with E-state index < -0.39 is 0 Å². The van der Waals surface area contributed by atoms with Gasteiger partial charge in [-0.25, -0.2) is 9.97 Å². The molecule has 4 heterocycles. The standard InChI is InChI=1S/C30H30ClN7OS/c1-19(2)36-12-14-37(15-13-36)24-11-10-21(17-20(24)3)33-30-32-18-22-27(34-30)28(26-9-6-16-40-26)35-38(29(22)39)25-8-5-4-7-23(25)31/h4-11,16-19H,12-15H2,1-3H3,(H,32,33,34). The number of para-hydroxylation sites is 1. The maximum absolute atomic E-state index is 13.5. The number of anilines is 3. The molecule has 10 heteroatoms. The highest BCUT2D eigenvalue weighted by Gasteiger charge is 2.21. The van der Waals surface area contributed by atoms with Crippen molar-refractivity contribution < 1.29 is 0 Å². The fourth-order valence-electron chi connectivity index (χ4n) is 5.15. The lowest BCUT2D eigenvalue weighted by Gasteiger charge is -2.38. The first-order valence-electron chi connectivity index (χ1n) is 13.3. The Kier molecular flexibility index (Phi) is 7.27. The van der Waals surface area contributed by atoms with Gasteiger partial charge in [0, 0.05) is 49.8 Å². The van der Waals surface area contributed by atoms with Crippen molar-refractivity contribution in [2.45, 2.75) is 26.8 Å². The Morgan fingerprint density at radius 1 is 1.00 bits per heavy atom. The normalized spacial score (nSPS) is 14.3. The minimum absolute atomic E-state index is 0.326. The summed E-state index contributed by atoms with van der Waals surface area (Å²) in [6, 6.07) is 18.0. The van der Waals surface area contributed by atoms with Gasteiger partial charge in [-0.15, -0.1) is 11.3 Å². The van der Waals surface area contributed by atoms with E-state index in [0.29, 0.717) is 39.3 Å². The van der Waals surface area contributed by atoms with Gasteiger partial charge in [-0.2, -0.15) is 9.78 Å². The third-order valence-electron chi connectivity index (χ3n) is 7.31. The van der Waals surface area contributed by atoms with Crippen LogP contribution in [0.3, 0.4) is 0 Å². The van der Waals surface area contributed by atoms with Crippen LogP contribution in [0.2, 0.25) is 5.02 Å². The minimum Gasteiger partial charge on any atom is -0.369 e. The zero-order valence-electron chi connectivity index (χ0n) is 22.6. The van der Waals surface area contributed by atoms with Crippen molar-refractivity contribution in [3.8, 4) is 16.3 Å². The fraction of sp³-hybridized carbons (Fsp3) is 0.267. The number of benzene rings is 2. The average Bonchev–Trinajstić information content (AvgIpc) is 3.49. The summed E-state index contributed by atoms with van der Waals surface area (Å²) in [5.41, 5.74) is 4.60. The lowest BCUT2D eigenvalue weighted by atomic mass is 10.1. The molecule has 1 aliphatic rings. The van der Waals surface area contributed by atoms with Crippen LogP contribution >= 0.6 is 22.9 Å². The van der Waals surface area contributed by atoms with Crippen LogP contribution in [0.5, 0.6) is 0 Å². The Balaban J connectivity index is 1.33. The lowest BCUT2D eigenvalue weighted by molar-refractivity contribution is 0.209. The second kappa shape index (κ2) is 11.0. The van der Waals surface area contributed by atoms with Crippen LogP contribution in [-0.2, 0) is 0 Å². The molecule has 1 fully saturated rings. The van der Waals surface area contributed by atoms with Crippen molar-refractivity contribution in [3.63, 3.8) is 0 Å². The summed E-state index contributed by atoms with van der Waals surface area (Å²) in [6.07, 6.45) is 1.56. The van der Waals surface area contributed by atoms with Gasteiger partial charge >= 0.3 is 0 Å². The molecule has 0 aliphatic carbocycles. The van der Waals surface area contributed by atoms with E-state index >= 15 is 0 Å². The van der Waals surface area contributed by atoms with E-state index in [4.69, 9.17) is 21.7 Å². The number of hydrogen-bond acceptors (Lipinski definition) is 8. The molecule has 0 bridgehead atoms. The van der Waals surface area contributed by atoms with Crippen LogP contribution in [0, 0.1) is 6.92 Å². The SMILES string of the molecule is Cc1cc(Nc2ncc3c(=O)n(-c4ccccc4Cl)nc(-c4cccs4)c3n2)ccc1N1CCN(C(C)C)CC1. The highest BCUT2D eigenvalue weighted by Crippen LogP contribution is 2.30. The van der Waals surface area contributed by atoms with Gasteiger partial charge in [-0.05, 0) is 68.1 Å². The molecule has 0 radical (unpaired) electrons. The molecular weight excluding hydrogens is 542 g/mol. The molecule has 40 heavy (non-hydrogen) atoms. The van der Waals surface area contributed by atoms with Crippen molar-refractivity contribution in [3.05, 3.63) is 87.1 Å². The van der Waals surface area contributed by atoms with Crippen LogP contribution in [0.15, 0.2) is 71.0 Å². The predicted molar refractivity (Wildman–Crippen MR) is 165 cm³/mol. The fourth-order valence-corrected chi connectivity index (χ4v) is 6.07. The van der Waals surface area contributed by atoms with E-state index in [1.54, 1.807) is 18.3 Å². The van der Waals surface area contributed by atoms with Crippen LogP contribution in [0.4, 0.5) is 17.3 Å². The van der Waals surface area contributed by atoms with E-state index in [9.17, 15) is 4.79 Å². The van der Waals surface area contributed by atoms with Crippen LogP contribution < -0.4 is 15.8 Å². The molecular formula is C30H30ClN7OS. The number of hydrogen-bond donors (Lipinski definition) is 1. The quantitative estimate of drug-likeness (QED) is 0.262. The van der Waals surface area contributed by atoms with Crippen molar-refractivity contribution in [2.75, 3.05) is 36.4 Å². The Labute approximate surface area is 241 Å². The molecule has 0 saturated carbocycles. The summed E-state index contributed by atoms with van der Waals surface area (Å²) < 4.78 is 1.33. The molecule has 2 aromatic carbocycles. The van der Waals surface area contributed by atoms with Gasteiger partial charge in [0.25, 0.3) is 5.56 Å². The minimum atomic E-state index is -0.326. The molecule has 0 atom stereocenters. The molecule has 6 rings (SSSR count). The number of nitrogens with zero attached hydrogens (tertiary/aromatic N) is 6. The molecule has 8 nitrogen and oxygen atoms in total. The number of fused-ring (bicyclic) bond motifs is 1. The predicted octanol–water partition coefficient (Wildman–Crippen LogP) is 6.14. The number of halogens is 1. The lowest BCUT2D eigenvalue weighted by Crippen LogP contribution is -2.49.